The number of nitrogens with two attached hydrogens (primary N) is 1. The predicted molar refractivity (Wildman–Crippen MR) is 74.6 cm³/mol. The van der Waals surface area contributed by atoms with Gasteiger partial charge < -0.3 is 5.73 Å². The molecule has 0 fully saturated rings. The number of hydrogen-bond acceptors (Lipinski definition) is 4. The molecule has 0 atom stereocenters. The average molecular weight is 309 g/mol. The van der Waals surface area contributed by atoms with Crippen LogP contribution in [0, 0.1) is 0 Å². The zero-order valence-corrected chi connectivity index (χ0v) is 12.4. The molecule has 1 aromatic rings. The Bertz CT molecular complexity index is 460. The topological polar surface area (TPSA) is 63.4 Å². The molecule has 0 unspecified atom stereocenters. The third-order valence-electron chi connectivity index (χ3n) is 2.39. The molecule has 0 spiro atoms. The first kappa shape index (κ1) is 15.4. The van der Waals surface area contributed by atoms with E-state index in [2.05, 4.69) is 0 Å². The molecule has 0 bridgehead atoms. The van der Waals surface area contributed by atoms with Gasteiger partial charge in [-0.1, -0.05) is 23.2 Å². The van der Waals surface area contributed by atoms with Crippen molar-refractivity contribution in [1.29, 1.82) is 0 Å². The van der Waals surface area contributed by atoms with Gasteiger partial charge in [-0.3, -0.25) is 14.5 Å². The highest BCUT2D eigenvalue weighted by atomic mass is 35.5. The van der Waals surface area contributed by atoms with E-state index in [0.717, 1.165) is 11.3 Å². The molecule has 18 heavy (non-hydrogen) atoms. The van der Waals surface area contributed by atoms with E-state index in [-0.39, 0.29) is 24.9 Å². The fraction of sp³-hybridized carbons (Fsp3) is 0.455. The molecule has 0 aromatic carbocycles. The largest absolute Gasteiger partial charge is 0.369 e. The van der Waals surface area contributed by atoms with Gasteiger partial charge in [0.1, 0.15) is 4.34 Å². The number of rotatable bonds is 6. The molecule has 0 saturated carbocycles. The lowest BCUT2D eigenvalue weighted by atomic mass is 10.2. The Hall–Kier alpha value is -0.620. The summed E-state index contributed by atoms with van der Waals surface area (Å²) in [6, 6.07) is 1.58. The van der Waals surface area contributed by atoms with Crippen molar-refractivity contribution in [1.82, 2.24) is 4.90 Å². The number of primary amides is 1. The molecule has 1 rings (SSSR count). The average Bonchev–Trinajstić information content (AvgIpc) is 2.56. The molecule has 1 amide bonds. The Kier molecular flexibility index (Phi) is 5.59. The van der Waals surface area contributed by atoms with Crippen LogP contribution in [0.25, 0.3) is 0 Å². The predicted octanol–water partition coefficient (Wildman–Crippen LogP) is 2.43. The van der Waals surface area contributed by atoms with Gasteiger partial charge in [-0.2, -0.15) is 0 Å². The van der Waals surface area contributed by atoms with Gasteiger partial charge in [0.15, 0.2) is 5.78 Å². The van der Waals surface area contributed by atoms with Crippen LogP contribution in [-0.4, -0.2) is 35.7 Å². The second kappa shape index (κ2) is 6.52. The van der Waals surface area contributed by atoms with Gasteiger partial charge in [0, 0.05) is 6.04 Å². The molecule has 100 valence electrons. The molecule has 7 heteroatoms. The van der Waals surface area contributed by atoms with Gasteiger partial charge in [0.2, 0.25) is 5.91 Å². The van der Waals surface area contributed by atoms with Crippen LogP contribution in [0.15, 0.2) is 6.07 Å². The van der Waals surface area contributed by atoms with E-state index < -0.39 is 5.91 Å². The maximum absolute atomic E-state index is 12.0. The van der Waals surface area contributed by atoms with E-state index in [1.165, 1.54) is 0 Å². The standard InChI is InChI=1S/C11H14Cl2N2O2S/c1-6(2)15(5-10(14)17)4-8(16)7-3-9(12)18-11(7)13/h3,6H,4-5H2,1-2H3,(H2,14,17). The minimum Gasteiger partial charge on any atom is -0.369 e. The van der Waals surface area contributed by atoms with Crippen molar-refractivity contribution in [2.45, 2.75) is 19.9 Å². The number of carbonyl (C=O) groups excluding carboxylic acids is 2. The summed E-state index contributed by atoms with van der Waals surface area (Å²) in [5.41, 5.74) is 5.53. The quantitative estimate of drug-likeness (QED) is 0.821. The zero-order valence-electron chi connectivity index (χ0n) is 10.1. The van der Waals surface area contributed by atoms with Crippen molar-refractivity contribution in [3.05, 3.63) is 20.3 Å². The van der Waals surface area contributed by atoms with Crippen LogP contribution in [-0.2, 0) is 4.79 Å². The molecule has 1 heterocycles. The number of amides is 1. The summed E-state index contributed by atoms with van der Waals surface area (Å²) >= 11 is 12.8. The molecular formula is C11H14Cl2N2O2S. The molecule has 0 radical (unpaired) electrons. The highest BCUT2D eigenvalue weighted by Crippen LogP contribution is 2.31. The summed E-state index contributed by atoms with van der Waals surface area (Å²) < 4.78 is 0.835. The SMILES string of the molecule is CC(C)N(CC(N)=O)CC(=O)c1cc(Cl)sc1Cl. The van der Waals surface area contributed by atoms with E-state index in [0.29, 0.717) is 14.2 Å². The van der Waals surface area contributed by atoms with Crippen LogP contribution >= 0.6 is 34.5 Å². The Labute approximate surface area is 120 Å². The van der Waals surface area contributed by atoms with Gasteiger partial charge in [-0.15, -0.1) is 11.3 Å². The molecule has 2 N–H and O–H groups in total. The molecule has 1 aromatic heterocycles. The summed E-state index contributed by atoms with van der Waals surface area (Å²) in [5, 5.41) is 0. The Morgan fingerprint density at radius 2 is 2.00 bits per heavy atom. The fourth-order valence-electron chi connectivity index (χ4n) is 1.42. The first-order valence-corrected chi connectivity index (χ1v) is 6.89. The van der Waals surface area contributed by atoms with Crippen LogP contribution in [0.1, 0.15) is 24.2 Å². The second-order valence-electron chi connectivity index (χ2n) is 4.13. The maximum Gasteiger partial charge on any atom is 0.231 e. The summed E-state index contributed by atoms with van der Waals surface area (Å²) in [7, 11) is 0. The van der Waals surface area contributed by atoms with Crippen LogP contribution in [0.5, 0.6) is 0 Å². The van der Waals surface area contributed by atoms with Gasteiger partial charge >= 0.3 is 0 Å². The van der Waals surface area contributed by atoms with Gasteiger partial charge in [-0.25, -0.2) is 0 Å². The molecule has 0 aliphatic carbocycles. The van der Waals surface area contributed by atoms with Crippen molar-refractivity contribution in [3.63, 3.8) is 0 Å². The Morgan fingerprint density at radius 3 is 2.39 bits per heavy atom. The zero-order chi connectivity index (χ0) is 13.9. The summed E-state index contributed by atoms with van der Waals surface area (Å²) in [6.45, 7) is 3.91. The van der Waals surface area contributed by atoms with E-state index in [9.17, 15) is 9.59 Å². The minimum atomic E-state index is -0.467. The number of thiophene rings is 1. The van der Waals surface area contributed by atoms with Gasteiger partial charge in [-0.05, 0) is 19.9 Å². The summed E-state index contributed by atoms with van der Waals surface area (Å²) in [5.74, 6) is -0.635. The third-order valence-corrected chi connectivity index (χ3v) is 3.88. The van der Waals surface area contributed by atoms with Crippen molar-refractivity contribution < 1.29 is 9.59 Å². The highest BCUT2D eigenvalue weighted by molar-refractivity contribution is 7.20. The van der Waals surface area contributed by atoms with Gasteiger partial charge in [0.05, 0.1) is 23.0 Å². The molecule has 4 nitrogen and oxygen atoms in total. The minimum absolute atomic E-state index is 0.0364. The molecule has 0 saturated heterocycles. The molecular weight excluding hydrogens is 295 g/mol. The number of ketones is 1. The lowest BCUT2D eigenvalue weighted by Gasteiger charge is -2.23. The monoisotopic (exact) mass is 308 g/mol. The van der Waals surface area contributed by atoms with Crippen molar-refractivity contribution in [2.24, 2.45) is 5.73 Å². The Morgan fingerprint density at radius 1 is 1.39 bits per heavy atom. The molecule has 0 aliphatic rings. The van der Waals surface area contributed by atoms with E-state index in [4.69, 9.17) is 28.9 Å². The van der Waals surface area contributed by atoms with Crippen LogP contribution in [0.2, 0.25) is 8.67 Å². The smallest absolute Gasteiger partial charge is 0.231 e. The first-order chi connectivity index (χ1) is 8.31. The van der Waals surface area contributed by atoms with Crippen LogP contribution < -0.4 is 5.73 Å². The summed E-state index contributed by atoms with van der Waals surface area (Å²) in [4.78, 5) is 24.7. The number of halogens is 2. The van der Waals surface area contributed by atoms with Crippen LogP contribution in [0.3, 0.4) is 0 Å². The van der Waals surface area contributed by atoms with E-state index in [1.807, 2.05) is 13.8 Å². The first-order valence-electron chi connectivity index (χ1n) is 5.31. The number of Topliss-reactive ketones (excluding diaryl/α,β-unsaturated/α-hetero) is 1. The molecule has 0 aliphatic heterocycles. The van der Waals surface area contributed by atoms with Gasteiger partial charge in [0.25, 0.3) is 0 Å². The second-order valence-corrected chi connectivity index (χ2v) is 6.41. The lowest BCUT2D eigenvalue weighted by Crippen LogP contribution is -2.41. The Balaban J connectivity index is 2.78. The van der Waals surface area contributed by atoms with E-state index >= 15 is 0 Å². The van der Waals surface area contributed by atoms with Crippen molar-refractivity contribution in [2.75, 3.05) is 13.1 Å². The van der Waals surface area contributed by atoms with E-state index in [1.54, 1.807) is 11.0 Å². The fourth-order valence-corrected chi connectivity index (χ4v) is 2.92. The third kappa shape index (κ3) is 4.24. The number of carbonyl (C=O) groups is 2. The maximum atomic E-state index is 12.0. The number of hydrogen-bond donors (Lipinski definition) is 1. The van der Waals surface area contributed by atoms with Crippen molar-refractivity contribution >= 4 is 46.2 Å². The highest BCUT2D eigenvalue weighted by Gasteiger charge is 2.20. The summed E-state index contributed by atoms with van der Waals surface area (Å²) in [6.07, 6.45) is 0. The lowest BCUT2D eigenvalue weighted by molar-refractivity contribution is -0.119. The van der Waals surface area contributed by atoms with Crippen molar-refractivity contribution in [3.8, 4) is 0 Å². The van der Waals surface area contributed by atoms with Crippen LogP contribution in [0.4, 0.5) is 0 Å². The normalized spacial score (nSPS) is 11.2. The number of nitrogens with zero attached hydrogens (tertiary/aromatic N) is 1.